The van der Waals surface area contributed by atoms with Gasteiger partial charge in [0, 0.05) is 31.5 Å². The van der Waals surface area contributed by atoms with E-state index >= 15 is 0 Å². The summed E-state index contributed by atoms with van der Waals surface area (Å²) < 4.78 is 0. The first-order valence-electron chi connectivity index (χ1n) is 7.04. The fraction of sp³-hybridized carbons (Fsp3) is 0.467. The summed E-state index contributed by atoms with van der Waals surface area (Å²) in [6.07, 6.45) is 1.04. The molecular weight excluding hydrogens is 290 g/mol. The zero-order valence-corrected chi connectivity index (χ0v) is 12.5. The highest BCUT2D eigenvalue weighted by Gasteiger charge is 2.38. The topological polar surface area (TPSA) is 75.4 Å². The summed E-state index contributed by atoms with van der Waals surface area (Å²) in [5.41, 5.74) is 7.36. The molecule has 1 unspecified atom stereocenters. The SMILES string of the molecule is Cl.N[C@@H]1CN(C(=O)C2CCC(=O)N2)C[C@H]1c1ccccc1. The van der Waals surface area contributed by atoms with Crippen LogP contribution in [0.15, 0.2) is 30.3 Å². The van der Waals surface area contributed by atoms with Crippen molar-refractivity contribution < 1.29 is 9.59 Å². The van der Waals surface area contributed by atoms with E-state index in [1.165, 1.54) is 5.56 Å². The number of halogens is 1. The van der Waals surface area contributed by atoms with Gasteiger partial charge < -0.3 is 16.0 Å². The first kappa shape index (κ1) is 15.8. The molecule has 0 radical (unpaired) electrons. The van der Waals surface area contributed by atoms with Gasteiger partial charge in [0.2, 0.25) is 11.8 Å². The molecule has 0 spiro atoms. The molecule has 0 bridgehead atoms. The van der Waals surface area contributed by atoms with E-state index in [4.69, 9.17) is 5.73 Å². The number of nitrogens with one attached hydrogen (secondary N) is 1. The molecular formula is C15H20ClN3O2. The molecule has 3 rings (SSSR count). The molecule has 114 valence electrons. The van der Waals surface area contributed by atoms with E-state index in [9.17, 15) is 9.59 Å². The lowest BCUT2D eigenvalue weighted by Gasteiger charge is -2.20. The zero-order valence-electron chi connectivity index (χ0n) is 11.7. The fourth-order valence-corrected chi connectivity index (χ4v) is 3.08. The smallest absolute Gasteiger partial charge is 0.245 e. The van der Waals surface area contributed by atoms with Crippen LogP contribution >= 0.6 is 12.4 Å². The molecule has 2 aliphatic heterocycles. The lowest BCUT2D eigenvalue weighted by atomic mass is 9.95. The molecule has 2 amide bonds. The van der Waals surface area contributed by atoms with Crippen LogP contribution in [0.2, 0.25) is 0 Å². The number of amides is 2. The van der Waals surface area contributed by atoms with Crippen molar-refractivity contribution in [2.24, 2.45) is 5.73 Å². The average molecular weight is 310 g/mol. The van der Waals surface area contributed by atoms with E-state index in [-0.39, 0.29) is 42.2 Å². The summed E-state index contributed by atoms with van der Waals surface area (Å²) in [4.78, 5) is 25.4. The van der Waals surface area contributed by atoms with Crippen molar-refractivity contribution in [2.45, 2.75) is 30.8 Å². The molecule has 0 aromatic heterocycles. The Labute approximate surface area is 130 Å². The third-order valence-corrected chi connectivity index (χ3v) is 4.20. The van der Waals surface area contributed by atoms with Gasteiger partial charge in [-0.3, -0.25) is 9.59 Å². The molecule has 5 nitrogen and oxygen atoms in total. The number of benzene rings is 1. The number of nitrogens with zero attached hydrogens (tertiary/aromatic N) is 1. The Hall–Kier alpha value is -1.59. The lowest BCUT2D eigenvalue weighted by molar-refractivity contribution is -0.133. The Morgan fingerprint density at radius 3 is 2.57 bits per heavy atom. The number of hydrogen-bond acceptors (Lipinski definition) is 3. The second-order valence-corrected chi connectivity index (χ2v) is 5.58. The Kier molecular flexibility index (Phi) is 4.85. The van der Waals surface area contributed by atoms with Crippen molar-refractivity contribution in [2.75, 3.05) is 13.1 Å². The summed E-state index contributed by atoms with van der Waals surface area (Å²) in [5, 5.41) is 2.73. The van der Waals surface area contributed by atoms with Crippen molar-refractivity contribution in [1.82, 2.24) is 10.2 Å². The minimum Gasteiger partial charge on any atom is -0.344 e. The Morgan fingerprint density at radius 2 is 1.95 bits per heavy atom. The third-order valence-electron chi connectivity index (χ3n) is 4.20. The van der Waals surface area contributed by atoms with Gasteiger partial charge in [-0.05, 0) is 12.0 Å². The Bertz CT molecular complexity index is 523. The second kappa shape index (κ2) is 6.45. The van der Waals surface area contributed by atoms with Gasteiger partial charge in [0.05, 0.1) is 0 Å². The van der Waals surface area contributed by atoms with Crippen LogP contribution in [-0.2, 0) is 9.59 Å². The molecule has 1 aromatic rings. The molecule has 2 heterocycles. The quantitative estimate of drug-likeness (QED) is 0.842. The first-order chi connectivity index (χ1) is 9.65. The standard InChI is InChI=1S/C15H19N3O2.ClH/c16-12-9-18(15(20)13-6-7-14(19)17-13)8-11(12)10-4-2-1-3-5-10;/h1-5,11-13H,6-9,16H2,(H,17,19);1H/t11-,12+,13?;/m0./s1. The number of nitrogens with two attached hydrogens (primary N) is 1. The van der Waals surface area contributed by atoms with Crippen molar-refractivity contribution in [3.05, 3.63) is 35.9 Å². The van der Waals surface area contributed by atoms with Crippen LogP contribution < -0.4 is 11.1 Å². The van der Waals surface area contributed by atoms with Gasteiger partial charge in [-0.25, -0.2) is 0 Å². The van der Waals surface area contributed by atoms with Crippen molar-refractivity contribution in [1.29, 1.82) is 0 Å². The second-order valence-electron chi connectivity index (χ2n) is 5.58. The van der Waals surface area contributed by atoms with Crippen molar-refractivity contribution in [3.8, 4) is 0 Å². The van der Waals surface area contributed by atoms with Gasteiger partial charge in [0.25, 0.3) is 0 Å². The summed E-state index contributed by atoms with van der Waals surface area (Å²) in [7, 11) is 0. The Balaban J connectivity index is 0.00000161. The number of carbonyl (C=O) groups excluding carboxylic acids is 2. The van der Waals surface area contributed by atoms with Gasteiger partial charge in [-0.1, -0.05) is 30.3 Å². The summed E-state index contributed by atoms with van der Waals surface area (Å²) in [6.45, 7) is 1.20. The molecule has 2 aliphatic rings. The predicted octanol–water partition coefficient (Wildman–Crippen LogP) is 0.640. The van der Waals surface area contributed by atoms with Crippen LogP contribution in [0.25, 0.3) is 0 Å². The fourth-order valence-electron chi connectivity index (χ4n) is 3.08. The first-order valence-corrected chi connectivity index (χ1v) is 7.04. The largest absolute Gasteiger partial charge is 0.344 e. The van der Waals surface area contributed by atoms with Gasteiger partial charge in [0.1, 0.15) is 6.04 Å². The van der Waals surface area contributed by atoms with Crippen LogP contribution in [0, 0.1) is 0 Å². The third kappa shape index (κ3) is 3.19. The van der Waals surface area contributed by atoms with Gasteiger partial charge >= 0.3 is 0 Å². The van der Waals surface area contributed by atoms with Gasteiger partial charge in [-0.15, -0.1) is 12.4 Å². The van der Waals surface area contributed by atoms with E-state index in [1.807, 2.05) is 18.2 Å². The molecule has 6 heteroatoms. The number of likely N-dealkylation sites (tertiary alicyclic amines) is 1. The summed E-state index contributed by atoms with van der Waals surface area (Å²) in [6, 6.07) is 9.66. The zero-order chi connectivity index (χ0) is 14.1. The maximum Gasteiger partial charge on any atom is 0.245 e. The number of hydrogen-bond donors (Lipinski definition) is 2. The number of carbonyl (C=O) groups is 2. The molecule has 0 aliphatic carbocycles. The minimum atomic E-state index is -0.357. The number of rotatable bonds is 2. The predicted molar refractivity (Wildman–Crippen MR) is 82.2 cm³/mol. The van der Waals surface area contributed by atoms with Crippen LogP contribution in [0.1, 0.15) is 24.3 Å². The normalized spacial score (nSPS) is 28.1. The van der Waals surface area contributed by atoms with Crippen LogP contribution in [0.3, 0.4) is 0 Å². The minimum absolute atomic E-state index is 0. The molecule has 2 fully saturated rings. The van der Waals surface area contributed by atoms with Crippen molar-refractivity contribution in [3.63, 3.8) is 0 Å². The maximum atomic E-state index is 12.4. The van der Waals surface area contributed by atoms with E-state index in [1.54, 1.807) is 4.90 Å². The van der Waals surface area contributed by atoms with Crippen LogP contribution in [0.4, 0.5) is 0 Å². The van der Waals surface area contributed by atoms with Gasteiger partial charge in [0.15, 0.2) is 0 Å². The van der Waals surface area contributed by atoms with Crippen LogP contribution in [-0.4, -0.2) is 41.9 Å². The highest BCUT2D eigenvalue weighted by Crippen LogP contribution is 2.27. The summed E-state index contributed by atoms with van der Waals surface area (Å²) in [5.74, 6) is 0.147. The van der Waals surface area contributed by atoms with Crippen LogP contribution in [0.5, 0.6) is 0 Å². The molecule has 2 saturated heterocycles. The van der Waals surface area contributed by atoms with E-state index in [0.29, 0.717) is 25.9 Å². The maximum absolute atomic E-state index is 12.4. The molecule has 1 aromatic carbocycles. The molecule has 0 saturated carbocycles. The molecule has 21 heavy (non-hydrogen) atoms. The van der Waals surface area contributed by atoms with E-state index in [0.717, 1.165) is 0 Å². The lowest BCUT2D eigenvalue weighted by Crippen LogP contribution is -2.44. The monoisotopic (exact) mass is 309 g/mol. The van der Waals surface area contributed by atoms with E-state index < -0.39 is 0 Å². The Morgan fingerprint density at radius 1 is 1.24 bits per heavy atom. The average Bonchev–Trinajstić information content (AvgIpc) is 3.05. The van der Waals surface area contributed by atoms with Gasteiger partial charge in [-0.2, -0.15) is 0 Å². The van der Waals surface area contributed by atoms with E-state index in [2.05, 4.69) is 17.4 Å². The summed E-state index contributed by atoms with van der Waals surface area (Å²) >= 11 is 0. The van der Waals surface area contributed by atoms with Crippen molar-refractivity contribution >= 4 is 24.2 Å². The molecule has 3 N–H and O–H groups in total. The highest BCUT2D eigenvalue weighted by molar-refractivity contribution is 5.91. The highest BCUT2D eigenvalue weighted by atomic mass is 35.5. The molecule has 3 atom stereocenters.